The van der Waals surface area contributed by atoms with Crippen LogP contribution < -0.4 is 0 Å². The predicted molar refractivity (Wildman–Crippen MR) is 120 cm³/mol. The summed E-state index contributed by atoms with van der Waals surface area (Å²) in [5, 5.41) is 40.1. The summed E-state index contributed by atoms with van der Waals surface area (Å²) in [6.45, 7) is 5.71. The molecule has 1 aliphatic carbocycles. The van der Waals surface area contributed by atoms with Crippen molar-refractivity contribution in [2.45, 2.75) is 89.3 Å². The van der Waals surface area contributed by atoms with Crippen LogP contribution in [0.25, 0.3) is 0 Å². The number of aliphatic hydroxyl groups excluding tert-OH is 2. The van der Waals surface area contributed by atoms with Gasteiger partial charge in [0.1, 0.15) is 4.93 Å². The molecule has 0 saturated heterocycles. The van der Waals surface area contributed by atoms with Crippen molar-refractivity contribution in [3.05, 3.63) is 24.3 Å². The molecule has 5 nitrogen and oxygen atoms in total. The molecule has 1 fully saturated rings. The largest absolute Gasteiger partial charge is 0.481 e. The van der Waals surface area contributed by atoms with E-state index in [2.05, 4.69) is 6.92 Å². The van der Waals surface area contributed by atoms with Gasteiger partial charge in [0.2, 0.25) is 0 Å². The highest BCUT2D eigenvalue weighted by atomic mass is 32.2. The Labute approximate surface area is 180 Å². The fraction of sp³-hybridized carbons (Fsp3) is 0.783. The lowest BCUT2D eigenvalue weighted by molar-refractivity contribution is -0.137. The molecular formula is C23H40O5S. The second kappa shape index (κ2) is 13.5. The van der Waals surface area contributed by atoms with E-state index < -0.39 is 23.1 Å². The molecule has 1 saturated carbocycles. The quantitative estimate of drug-likeness (QED) is 0.186. The monoisotopic (exact) mass is 428 g/mol. The molecule has 1 rings (SSSR count). The molecule has 0 spiro atoms. The van der Waals surface area contributed by atoms with Gasteiger partial charge in [-0.05, 0) is 75.5 Å². The highest BCUT2D eigenvalue weighted by molar-refractivity contribution is 8.00. The Morgan fingerprint density at radius 2 is 2.00 bits per heavy atom. The highest BCUT2D eigenvalue weighted by Crippen LogP contribution is 2.43. The maximum atomic E-state index is 10.7. The molecule has 0 aromatic heterocycles. The Morgan fingerprint density at radius 3 is 2.62 bits per heavy atom. The van der Waals surface area contributed by atoms with Crippen molar-refractivity contribution < 1.29 is 25.2 Å². The number of unbranched alkanes of at least 4 members (excludes halogenated alkanes) is 3. The molecule has 0 heterocycles. The first-order chi connectivity index (χ1) is 13.7. The lowest BCUT2D eigenvalue weighted by Crippen LogP contribution is -2.25. The van der Waals surface area contributed by atoms with E-state index in [0.29, 0.717) is 25.7 Å². The van der Waals surface area contributed by atoms with Crippen LogP contribution in [-0.4, -0.2) is 49.3 Å². The Morgan fingerprint density at radius 1 is 1.28 bits per heavy atom. The van der Waals surface area contributed by atoms with Gasteiger partial charge in [-0.1, -0.05) is 38.0 Å². The van der Waals surface area contributed by atoms with Crippen LogP contribution in [0.3, 0.4) is 0 Å². The van der Waals surface area contributed by atoms with Crippen LogP contribution in [-0.2, 0) is 4.79 Å². The second-order valence-electron chi connectivity index (χ2n) is 8.41. The van der Waals surface area contributed by atoms with Crippen molar-refractivity contribution in [1.29, 1.82) is 0 Å². The van der Waals surface area contributed by atoms with E-state index in [4.69, 9.17) is 5.11 Å². The molecule has 29 heavy (non-hydrogen) atoms. The molecule has 1 aliphatic rings. The molecule has 0 unspecified atom stereocenters. The number of carbonyl (C=O) groups is 1. The molecular weight excluding hydrogens is 388 g/mol. The number of rotatable bonds is 14. The summed E-state index contributed by atoms with van der Waals surface area (Å²) < 4.78 is 0. The Hall–Kier alpha value is -0.820. The summed E-state index contributed by atoms with van der Waals surface area (Å²) in [7, 11) is 0. The number of thioether (sulfide) groups is 1. The van der Waals surface area contributed by atoms with Gasteiger partial charge in [0.25, 0.3) is 0 Å². The van der Waals surface area contributed by atoms with Crippen molar-refractivity contribution in [1.82, 2.24) is 0 Å². The van der Waals surface area contributed by atoms with Crippen LogP contribution in [0.15, 0.2) is 24.3 Å². The van der Waals surface area contributed by atoms with Crippen LogP contribution in [0.1, 0.15) is 72.1 Å². The van der Waals surface area contributed by atoms with Crippen molar-refractivity contribution in [2.24, 2.45) is 17.8 Å². The minimum atomic E-state index is -0.957. The molecule has 0 amide bonds. The van der Waals surface area contributed by atoms with E-state index >= 15 is 0 Å². The molecule has 168 valence electrons. The molecule has 4 N–H and O–H groups in total. The number of allylic oxidation sites excluding steroid dienone is 3. The maximum Gasteiger partial charge on any atom is 0.303 e. The van der Waals surface area contributed by atoms with Crippen LogP contribution in [0.5, 0.6) is 0 Å². The summed E-state index contributed by atoms with van der Waals surface area (Å²) in [6, 6.07) is 0. The molecule has 0 radical (unpaired) electrons. The average Bonchev–Trinajstić information content (AvgIpc) is 2.96. The Bertz CT molecular complexity index is 529. The zero-order valence-corrected chi connectivity index (χ0v) is 19.0. The summed E-state index contributed by atoms with van der Waals surface area (Å²) in [6.07, 6.45) is 12.9. The minimum absolute atomic E-state index is 0.00335. The normalized spacial score (nSPS) is 28.2. The topological polar surface area (TPSA) is 98.0 Å². The third kappa shape index (κ3) is 10.2. The Kier molecular flexibility index (Phi) is 12.2. The van der Waals surface area contributed by atoms with E-state index in [-0.39, 0.29) is 24.2 Å². The summed E-state index contributed by atoms with van der Waals surface area (Å²) >= 11 is 1.52. The zero-order valence-electron chi connectivity index (χ0n) is 18.2. The van der Waals surface area contributed by atoms with Crippen molar-refractivity contribution in [3.8, 4) is 0 Å². The number of aliphatic hydroxyl groups is 3. The lowest BCUT2D eigenvalue weighted by atomic mass is 9.84. The third-order valence-electron chi connectivity index (χ3n) is 5.72. The summed E-state index contributed by atoms with van der Waals surface area (Å²) in [5.41, 5.74) is 0. The van der Waals surface area contributed by atoms with E-state index in [1.807, 2.05) is 24.3 Å². The SMILES string of the molecule is CCCCCS[C@](C)(O)/C=C/[C@H]1[C@H]([C@H](C)O)C[C@H](O)[C@@H]1C/C=C\CCCC(=O)O. The molecule has 6 heteroatoms. The smallest absolute Gasteiger partial charge is 0.303 e. The van der Waals surface area contributed by atoms with Gasteiger partial charge in [-0.2, -0.15) is 0 Å². The van der Waals surface area contributed by atoms with Crippen LogP contribution in [0, 0.1) is 17.8 Å². The van der Waals surface area contributed by atoms with Crippen molar-refractivity contribution in [3.63, 3.8) is 0 Å². The van der Waals surface area contributed by atoms with Crippen LogP contribution in [0.4, 0.5) is 0 Å². The van der Waals surface area contributed by atoms with Crippen LogP contribution >= 0.6 is 11.8 Å². The van der Waals surface area contributed by atoms with Crippen molar-refractivity contribution in [2.75, 3.05) is 5.75 Å². The molecule has 0 aliphatic heterocycles. The molecule has 6 atom stereocenters. The number of aliphatic carboxylic acids is 1. The first kappa shape index (κ1) is 26.2. The zero-order chi connectivity index (χ0) is 21.9. The first-order valence-corrected chi connectivity index (χ1v) is 11.9. The number of carboxylic acids is 1. The summed E-state index contributed by atoms with van der Waals surface area (Å²) in [5.74, 6) is 0.0708. The standard InChI is InChI=1S/C23H40O5S/c1-4-5-10-15-29-23(3,28)14-13-18-19(21(25)16-20(18)17(2)24)11-8-6-7-9-12-22(26)27/h6,8,13-14,17-21,24-25,28H,4-5,7,9-12,15-16H2,1-3H3,(H,26,27)/b8-6-,14-13+/t17-,18+,19+,20-,21-,23-/m0/s1. The van der Waals surface area contributed by atoms with Gasteiger partial charge in [-0.25, -0.2) is 0 Å². The maximum absolute atomic E-state index is 10.7. The Balaban J connectivity index is 2.71. The number of hydrogen-bond acceptors (Lipinski definition) is 5. The molecule has 0 aromatic rings. The van der Waals surface area contributed by atoms with E-state index in [9.17, 15) is 20.1 Å². The fourth-order valence-corrected chi connectivity index (χ4v) is 4.95. The van der Waals surface area contributed by atoms with Gasteiger partial charge in [0, 0.05) is 6.42 Å². The van der Waals surface area contributed by atoms with Gasteiger partial charge in [0.05, 0.1) is 12.2 Å². The summed E-state index contributed by atoms with van der Waals surface area (Å²) in [4.78, 5) is 9.61. The highest BCUT2D eigenvalue weighted by Gasteiger charge is 2.42. The number of hydrogen-bond donors (Lipinski definition) is 4. The van der Waals surface area contributed by atoms with Gasteiger partial charge in [-0.3, -0.25) is 4.79 Å². The van der Waals surface area contributed by atoms with Gasteiger partial charge >= 0.3 is 5.97 Å². The van der Waals surface area contributed by atoms with E-state index in [0.717, 1.165) is 25.0 Å². The van der Waals surface area contributed by atoms with Crippen LogP contribution in [0.2, 0.25) is 0 Å². The van der Waals surface area contributed by atoms with Gasteiger partial charge in [0.15, 0.2) is 0 Å². The first-order valence-electron chi connectivity index (χ1n) is 11.0. The third-order valence-corrected chi connectivity index (χ3v) is 6.94. The van der Waals surface area contributed by atoms with Gasteiger partial charge < -0.3 is 20.4 Å². The average molecular weight is 429 g/mol. The van der Waals surface area contributed by atoms with Gasteiger partial charge in [-0.15, -0.1) is 11.8 Å². The molecule has 0 aromatic carbocycles. The second-order valence-corrected chi connectivity index (χ2v) is 9.93. The lowest BCUT2D eigenvalue weighted by Gasteiger charge is -2.25. The van der Waals surface area contributed by atoms with E-state index in [1.165, 1.54) is 11.8 Å². The molecule has 0 bridgehead atoms. The van der Waals surface area contributed by atoms with Crippen molar-refractivity contribution >= 4 is 17.7 Å². The minimum Gasteiger partial charge on any atom is -0.481 e. The van der Waals surface area contributed by atoms with E-state index in [1.54, 1.807) is 13.8 Å². The fourth-order valence-electron chi connectivity index (χ4n) is 4.01. The number of carboxylic acid groups (broad SMARTS) is 1. The predicted octanol–water partition coefficient (Wildman–Crippen LogP) is 4.37.